The average Bonchev–Trinajstić information content (AvgIpc) is 3.08. The molecule has 1 aromatic rings. The van der Waals surface area contributed by atoms with Crippen LogP contribution < -0.4 is 5.32 Å². The third kappa shape index (κ3) is 4.81. The van der Waals surface area contributed by atoms with E-state index in [0.29, 0.717) is 32.4 Å². The summed E-state index contributed by atoms with van der Waals surface area (Å²) in [4.78, 5) is 37.0. The molecule has 0 unspecified atom stereocenters. The van der Waals surface area contributed by atoms with Crippen molar-refractivity contribution in [3.63, 3.8) is 0 Å². The van der Waals surface area contributed by atoms with E-state index in [4.69, 9.17) is 5.11 Å². The molecule has 0 bridgehead atoms. The van der Waals surface area contributed by atoms with Gasteiger partial charge in [-0.1, -0.05) is 30.3 Å². The lowest BCUT2D eigenvalue weighted by Crippen LogP contribution is -2.41. The lowest BCUT2D eigenvalue weighted by Gasteiger charge is -2.21. The van der Waals surface area contributed by atoms with Gasteiger partial charge >= 0.3 is 5.97 Å². The highest BCUT2D eigenvalue weighted by molar-refractivity contribution is 5.86. The maximum Gasteiger partial charge on any atom is 0.306 e. The van der Waals surface area contributed by atoms with Gasteiger partial charge in [0.25, 0.3) is 0 Å². The Kier molecular flexibility index (Phi) is 6.35. The fourth-order valence-electron chi connectivity index (χ4n) is 3.04. The van der Waals surface area contributed by atoms with E-state index in [2.05, 4.69) is 5.32 Å². The first-order valence-electron chi connectivity index (χ1n) is 8.33. The molecule has 2 atom stereocenters. The smallest absolute Gasteiger partial charge is 0.306 e. The third-order valence-electron chi connectivity index (χ3n) is 4.52. The van der Waals surface area contributed by atoms with E-state index < -0.39 is 11.9 Å². The summed E-state index contributed by atoms with van der Waals surface area (Å²) < 4.78 is 0. The summed E-state index contributed by atoms with van der Waals surface area (Å²) >= 11 is 0. The van der Waals surface area contributed by atoms with Gasteiger partial charge in [0.2, 0.25) is 11.8 Å². The first kappa shape index (κ1) is 18.0. The zero-order valence-corrected chi connectivity index (χ0v) is 13.9. The topological polar surface area (TPSA) is 86.7 Å². The maximum absolute atomic E-state index is 12.3. The molecule has 1 saturated carbocycles. The van der Waals surface area contributed by atoms with Crippen LogP contribution in [0.2, 0.25) is 0 Å². The summed E-state index contributed by atoms with van der Waals surface area (Å²) in [6.07, 6.45) is 1.45. The van der Waals surface area contributed by atoms with Crippen LogP contribution in [-0.2, 0) is 20.9 Å². The minimum absolute atomic E-state index is 0.0479. The predicted octanol–water partition coefficient (Wildman–Crippen LogP) is 1.65. The number of aliphatic carboxylic acids is 1. The zero-order valence-electron chi connectivity index (χ0n) is 13.9. The summed E-state index contributed by atoms with van der Waals surface area (Å²) in [6.45, 7) is 2.93. The molecule has 1 aliphatic rings. The highest BCUT2D eigenvalue weighted by Gasteiger charge is 2.33. The molecular formula is C18H24N2O4. The predicted molar refractivity (Wildman–Crippen MR) is 89.0 cm³/mol. The van der Waals surface area contributed by atoms with Crippen molar-refractivity contribution in [1.82, 2.24) is 10.2 Å². The summed E-state index contributed by atoms with van der Waals surface area (Å²) in [5.74, 6) is -1.95. The van der Waals surface area contributed by atoms with E-state index >= 15 is 0 Å². The van der Waals surface area contributed by atoms with Crippen molar-refractivity contribution in [3.8, 4) is 0 Å². The molecule has 2 amide bonds. The number of carboxylic acid groups (broad SMARTS) is 1. The molecule has 1 fully saturated rings. The molecule has 6 heteroatoms. The molecule has 0 spiro atoms. The Morgan fingerprint density at radius 3 is 2.42 bits per heavy atom. The Balaban J connectivity index is 1.81. The molecule has 1 aromatic carbocycles. The fraction of sp³-hybridized carbons (Fsp3) is 0.500. The third-order valence-corrected chi connectivity index (χ3v) is 4.52. The van der Waals surface area contributed by atoms with Crippen molar-refractivity contribution in [2.75, 3.05) is 13.1 Å². The SMILES string of the molecule is CCN(Cc1ccccc1)C(=O)CNC(=O)[C@@H]1CC[C@H](C(=O)O)C1. The molecule has 2 rings (SSSR count). The van der Waals surface area contributed by atoms with Gasteiger partial charge in [0.05, 0.1) is 12.5 Å². The monoisotopic (exact) mass is 332 g/mol. The molecule has 0 radical (unpaired) electrons. The lowest BCUT2D eigenvalue weighted by molar-refractivity contribution is -0.141. The molecule has 1 aliphatic carbocycles. The number of rotatable bonds is 7. The number of carbonyl (C=O) groups excluding carboxylic acids is 2. The summed E-state index contributed by atoms with van der Waals surface area (Å²) in [5, 5.41) is 11.6. The van der Waals surface area contributed by atoms with Crippen LogP contribution in [0.3, 0.4) is 0 Å². The number of likely N-dealkylation sites (N-methyl/N-ethyl adjacent to an activating group) is 1. The number of benzene rings is 1. The van der Waals surface area contributed by atoms with Gasteiger partial charge in [-0.05, 0) is 31.7 Å². The van der Waals surface area contributed by atoms with Gasteiger partial charge in [0.15, 0.2) is 0 Å². The van der Waals surface area contributed by atoms with Gasteiger partial charge in [0.1, 0.15) is 0 Å². The highest BCUT2D eigenvalue weighted by Crippen LogP contribution is 2.31. The standard InChI is InChI=1S/C18H24N2O4/c1-2-20(12-13-6-4-3-5-7-13)16(21)11-19-17(22)14-8-9-15(10-14)18(23)24/h3-7,14-15H,2,8-12H2,1H3,(H,19,22)(H,23,24)/t14-,15+/m1/s1. The van der Waals surface area contributed by atoms with E-state index in [0.717, 1.165) is 5.56 Å². The Bertz CT molecular complexity index is 588. The van der Waals surface area contributed by atoms with Crippen molar-refractivity contribution < 1.29 is 19.5 Å². The van der Waals surface area contributed by atoms with E-state index in [1.165, 1.54) is 0 Å². The zero-order chi connectivity index (χ0) is 17.5. The van der Waals surface area contributed by atoms with Crippen molar-refractivity contribution >= 4 is 17.8 Å². The van der Waals surface area contributed by atoms with Crippen LogP contribution in [0.1, 0.15) is 31.7 Å². The Labute approximate surface area is 141 Å². The van der Waals surface area contributed by atoms with Crippen molar-refractivity contribution in [3.05, 3.63) is 35.9 Å². The average molecular weight is 332 g/mol. The van der Waals surface area contributed by atoms with Gasteiger partial charge < -0.3 is 15.3 Å². The van der Waals surface area contributed by atoms with Crippen LogP contribution in [-0.4, -0.2) is 40.9 Å². The number of amides is 2. The van der Waals surface area contributed by atoms with Gasteiger partial charge in [-0.25, -0.2) is 0 Å². The second-order valence-electron chi connectivity index (χ2n) is 6.16. The van der Waals surface area contributed by atoms with Crippen LogP contribution in [0.25, 0.3) is 0 Å². The second-order valence-corrected chi connectivity index (χ2v) is 6.16. The van der Waals surface area contributed by atoms with Crippen LogP contribution >= 0.6 is 0 Å². The Hall–Kier alpha value is -2.37. The Morgan fingerprint density at radius 1 is 1.17 bits per heavy atom. The second kappa shape index (κ2) is 8.47. The van der Waals surface area contributed by atoms with Crippen LogP contribution in [0.4, 0.5) is 0 Å². The quantitative estimate of drug-likeness (QED) is 0.795. The van der Waals surface area contributed by atoms with Crippen LogP contribution in [0.5, 0.6) is 0 Å². The number of hydrogen-bond donors (Lipinski definition) is 2. The minimum Gasteiger partial charge on any atom is -0.481 e. The normalized spacial score (nSPS) is 19.7. The molecule has 2 N–H and O–H groups in total. The Morgan fingerprint density at radius 2 is 1.83 bits per heavy atom. The summed E-state index contributed by atoms with van der Waals surface area (Å²) in [5.41, 5.74) is 1.04. The van der Waals surface area contributed by atoms with Crippen molar-refractivity contribution in [2.24, 2.45) is 11.8 Å². The number of hydrogen-bond acceptors (Lipinski definition) is 3. The fourth-order valence-corrected chi connectivity index (χ4v) is 3.04. The van der Waals surface area contributed by atoms with Gasteiger partial charge in [-0.2, -0.15) is 0 Å². The van der Waals surface area contributed by atoms with Gasteiger partial charge in [0, 0.05) is 19.0 Å². The molecule has 0 heterocycles. The van der Waals surface area contributed by atoms with Crippen molar-refractivity contribution in [2.45, 2.75) is 32.7 Å². The molecule has 0 aliphatic heterocycles. The van der Waals surface area contributed by atoms with Gasteiger partial charge in [-0.15, -0.1) is 0 Å². The minimum atomic E-state index is -0.846. The molecule has 6 nitrogen and oxygen atoms in total. The molecule has 24 heavy (non-hydrogen) atoms. The molecule has 0 saturated heterocycles. The summed E-state index contributed by atoms with van der Waals surface area (Å²) in [7, 11) is 0. The van der Waals surface area contributed by atoms with E-state index in [9.17, 15) is 14.4 Å². The largest absolute Gasteiger partial charge is 0.481 e. The first-order chi connectivity index (χ1) is 11.5. The van der Waals surface area contributed by atoms with Crippen molar-refractivity contribution in [1.29, 1.82) is 0 Å². The molecule has 130 valence electrons. The van der Waals surface area contributed by atoms with E-state index in [-0.39, 0.29) is 24.3 Å². The van der Waals surface area contributed by atoms with Crippen LogP contribution in [0, 0.1) is 11.8 Å². The molecule has 0 aromatic heterocycles. The van der Waals surface area contributed by atoms with Gasteiger partial charge in [-0.3, -0.25) is 14.4 Å². The first-order valence-corrected chi connectivity index (χ1v) is 8.33. The maximum atomic E-state index is 12.3. The van der Waals surface area contributed by atoms with E-state index in [1.807, 2.05) is 37.3 Å². The highest BCUT2D eigenvalue weighted by atomic mass is 16.4. The summed E-state index contributed by atoms with van der Waals surface area (Å²) in [6, 6.07) is 9.69. The molecular weight excluding hydrogens is 308 g/mol. The van der Waals surface area contributed by atoms with Crippen LogP contribution in [0.15, 0.2) is 30.3 Å². The number of nitrogens with one attached hydrogen (secondary N) is 1. The number of nitrogens with zero attached hydrogens (tertiary/aromatic N) is 1. The van der Waals surface area contributed by atoms with E-state index in [1.54, 1.807) is 4.90 Å². The number of carboxylic acids is 1. The lowest BCUT2D eigenvalue weighted by atomic mass is 10.0. The number of carbonyl (C=O) groups is 3.